The minimum Gasteiger partial charge on any atom is -0.446 e. The first-order valence-corrected chi connectivity index (χ1v) is 7.86. The van der Waals surface area contributed by atoms with Gasteiger partial charge in [0, 0.05) is 12.5 Å². The number of ether oxygens (including phenoxy) is 1. The van der Waals surface area contributed by atoms with Gasteiger partial charge in [-0.25, -0.2) is 9.69 Å². The van der Waals surface area contributed by atoms with Crippen LogP contribution in [-0.4, -0.2) is 35.2 Å². The van der Waals surface area contributed by atoms with Gasteiger partial charge in [0.1, 0.15) is 12.6 Å². The minimum atomic E-state index is -0.613. The highest BCUT2D eigenvalue weighted by Crippen LogP contribution is 2.32. The van der Waals surface area contributed by atoms with Gasteiger partial charge >= 0.3 is 6.09 Å². The van der Waals surface area contributed by atoms with Crippen LogP contribution in [0.5, 0.6) is 0 Å². The largest absolute Gasteiger partial charge is 0.446 e. The Kier molecular flexibility index (Phi) is 5.93. The third-order valence-corrected chi connectivity index (χ3v) is 4.28. The number of hydrogen-bond acceptors (Lipinski definition) is 4. The number of amides is 2. The number of nitrogens with zero attached hydrogens (tertiary/aromatic N) is 1. The number of aliphatic hydroxyl groups excluding tert-OH is 1. The van der Waals surface area contributed by atoms with Crippen LogP contribution in [0.25, 0.3) is 0 Å². The van der Waals surface area contributed by atoms with Crippen LogP contribution in [0.1, 0.15) is 31.4 Å². The molecule has 3 atom stereocenters. The Bertz CT molecular complexity index is 557. The second kappa shape index (κ2) is 7.92. The minimum absolute atomic E-state index is 0.00280. The smallest absolute Gasteiger partial charge is 0.417 e. The lowest BCUT2D eigenvalue weighted by atomic mass is 9.87. The molecule has 1 heterocycles. The van der Waals surface area contributed by atoms with Gasteiger partial charge in [-0.05, 0) is 24.3 Å². The number of allylic oxidation sites excluding steroid dienone is 1. The van der Waals surface area contributed by atoms with E-state index >= 15 is 0 Å². The number of cyclic esters (lactones) is 1. The number of imide groups is 1. The molecule has 1 aromatic carbocycles. The fraction of sp³-hybridized carbons (Fsp3) is 0.444. The second-order valence-corrected chi connectivity index (χ2v) is 5.83. The van der Waals surface area contributed by atoms with Gasteiger partial charge in [0.25, 0.3) is 0 Å². The van der Waals surface area contributed by atoms with Gasteiger partial charge < -0.3 is 9.84 Å². The van der Waals surface area contributed by atoms with Crippen molar-refractivity contribution in [3.8, 4) is 0 Å². The zero-order valence-electron chi connectivity index (χ0n) is 13.4. The van der Waals surface area contributed by atoms with Gasteiger partial charge in [0.15, 0.2) is 0 Å². The molecular weight excluding hydrogens is 294 g/mol. The molecule has 2 amide bonds. The molecule has 0 radical (unpaired) electrons. The molecule has 1 aliphatic heterocycles. The van der Waals surface area contributed by atoms with Crippen LogP contribution in [0.4, 0.5) is 4.79 Å². The van der Waals surface area contributed by atoms with E-state index in [1.54, 1.807) is 6.08 Å². The Morgan fingerprint density at radius 3 is 2.78 bits per heavy atom. The first-order chi connectivity index (χ1) is 11.1. The van der Waals surface area contributed by atoms with E-state index in [1.807, 2.05) is 37.3 Å². The van der Waals surface area contributed by atoms with Crippen molar-refractivity contribution in [1.82, 2.24) is 4.90 Å². The standard InChI is InChI=1S/C18H23NO4/c1-3-7-13(2)15(10-11-20)17(21)19-16(12-23-18(19)22)14-8-5-4-6-9-14/h3-6,8-9,13,15-16,20H,1,7,10-12H2,2H3/t13-,15+,16-/m0/s1. The summed E-state index contributed by atoms with van der Waals surface area (Å²) in [6, 6.07) is 8.96. The second-order valence-electron chi connectivity index (χ2n) is 5.83. The van der Waals surface area contributed by atoms with Crippen molar-refractivity contribution in [1.29, 1.82) is 0 Å². The highest BCUT2D eigenvalue weighted by Gasteiger charge is 2.42. The molecule has 5 heteroatoms. The van der Waals surface area contributed by atoms with Gasteiger partial charge in [0.2, 0.25) is 5.91 Å². The lowest BCUT2D eigenvalue weighted by Gasteiger charge is -2.28. The summed E-state index contributed by atoms with van der Waals surface area (Å²) in [6.45, 7) is 5.69. The molecule has 5 nitrogen and oxygen atoms in total. The van der Waals surface area contributed by atoms with Crippen molar-refractivity contribution in [2.24, 2.45) is 11.8 Å². The van der Waals surface area contributed by atoms with Crippen molar-refractivity contribution in [2.75, 3.05) is 13.2 Å². The first kappa shape index (κ1) is 17.2. The van der Waals surface area contributed by atoms with Crippen LogP contribution in [0.15, 0.2) is 43.0 Å². The van der Waals surface area contributed by atoms with E-state index in [9.17, 15) is 14.7 Å². The predicted molar refractivity (Wildman–Crippen MR) is 86.5 cm³/mol. The van der Waals surface area contributed by atoms with Gasteiger partial charge in [-0.15, -0.1) is 6.58 Å². The first-order valence-electron chi connectivity index (χ1n) is 7.86. The normalized spacial score (nSPS) is 20.0. The molecule has 0 saturated carbocycles. The lowest BCUT2D eigenvalue weighted by molar-refractivity contribution is -0.135. The number of carbonyl (C=O) groups excluding carboxylic acids is 2. The summed E-state index contributed by atoms with van der Waals surface area (Å²) >= 11 is 0. The van der Waals surface area contributed by atoms with E-state index in [2.05, 4.69) is 6.58 Å². The van der Waals surface area contributed by atoms with Crippen LogP contribution >= 0.6 is 0 Å². The van der Waals surface area contributed by atoms with Crippen LogP contribution in [0.3, 0.4) is 0 Å². The lowest BCUT2D eigenvalue weighted by Crippen LogP contribution is -2.41. The molecule has 1 saturated heterocycles. The van der Waals surface area contributed by atoms with Crippen LogP contribution in [0, 0.1) is 11.8 Å². The number of hydrogen-bond donors (Lipinski definition) is 1. The van der Waals surface area contributed by atoms with E-state index in [0.29, 0.717) is 12.8 Å². The molecule has 124 valence electrons. The summed E-state index contributed by atoms with van der Waals surface area (Å²) in [5.41, 5.74) is 0.867. The highest BCUT2D eigenvalue weighted by atomic mass is 16.6. The van der Waals surface area contributed by atoms with Gasteiger partial charge in [-0.1, -0.05) is 43.3 Å². The zero-order valence-corrected chi connectivity index (χ0v) is 13.4. The Morgan fingerprint density at radius 1 is 1.48 bits per heavy atom. The molecule has 2 rings (SSSR count). The molecule has 1 fully saturated rings. The topological polar surface area (TPSA) is 66.8 Å². The van der Waals surface area contributed by atoms with Gasteiger partial charge in [-0.2, -0.15) is 0 Å². The molecule has 0 aromatic heterocycles. The summed E-state index contributed by atoms with van der Waals surface area (Å²) in [4.78, 5) is 26.2. The molecule has 1 N–H and O–H groups in total. The summed E-state index contributed by atoms with van der Waals surface area (Å²) in [5.74, 6) is -0.725. The Hall–Kier alpha value is -2.14. The number of carbonyl (C=O) groups is 2. The number of rotatable bonds is 7. The maximum atomic E-state index is 12.9. The molecule has 0 spiro atoms. The molecule has 0 unspecified atom stereocenters. The third-order valence-electron chi connectivity index (χ3n) is 4.28. The Morgan fingerprint density at radius 2 is 2.17 bits per heavy atom. The molecule has 1 aromatic rings. The average molecular weight is 317 g/mol. The summed E-state index contributed by atoms with van der Waals surface area (Å²) in [5, 5.41) is 9.28. The highest BCUT2D eigenvalue weighted by molar-refractivity contribution is 5.95. The summed E-state index contributed by atoms with van der Waals surface area (Å²) in [6.07, 6.45) is 2.10. The molecule has 1 aliphatic rings. The van der Waals surface area contributed by atoms with Crippen molar-refractivity contribution >= 4 is 12.0 Å². The van der Waals surface area contributed by atoms with E-state index in [-0.39, 0.29) is 25.0 Å². The summed E-state index contributed by atoms with van der Waals surface area (Å²) < 4.78 is 5.11. The third kappa shape index (κ3) is 3.79. The monoisotopic (exact) mass is 317 g/mol. The summed E-state index contributed by atoms with van der Waals surface area (Å²) in [7, 11) is 0. The molecule has 0 bridgehead atoms. The molecule has 23 heavy (non-hydrogen) atoms. The van der Waals surface area contributed by atoms with Crippen molar-refractivity contribution < 1.29 is 19.4 Å². The van der Waals surface area contributed by atoms with Crippen molar-refractivity contribution in [3.63, 3.8) is 0 Å². The molecular formula is C18H23NO4. The van der Waals surface area contributed by atoms with Crippen molar-refractivity contribution in [3.05, 3.63) is 48.6 Å². The zero-order chi connectivity index (χ0) is 16.8. The van der Waals surface area contributed by atoms with Gasteiger partial charge in [0.05, 0.1) is 0 Å². The fourth-order valence-corrected chi connectivity index (χ4v) is 2.98. The number of aliphatic hydroxyl groups is 1. The Balaban J connectivity index is 2.25. The Labute approximate surface area is 136 Å². The SMILES string of the molecule is C=CC[C@H](C)[C@@H](CCO)C(=O)N1C(=O)OC[C@H]1c1ccccc1. The van der Waals surface area contributed by atoms with E-state index < -0.39 is 18.1 Å². The van der Waals surface area contributed by atoms with E-state index in [0.717, 1.165) is 5.56 Å². The van der Waals surface area contributed by atoms with Crippen molar-refractivity contribution in [2.45, 2.75) is 25.8 Å². The van der Waals surface area contributed by atoms with Crippen LogP contribution in [-0.2, 0) is 9.53 Å². The van der Waals surface area contributed by atoms with E-state index in [1.165, 1.54) is 4.90 Å². The van der Waals surface area contributed by atoms with E-state index in [4.69, 9.17) is 4.74 Å². The average Bonchev–Trinajstić information content (AvgIpc) is 2.94. The fourth-order valence-electron chi connectivity index (χ4n) is 2.98. The maximum absolute atomic E-state index is 12.9. The van der Waals surface area contributed by atoms with Crippen LogP contribution in [0.2, 0.25) is 0 Å². The van der Waals surface area contributed by atoms with Gasteiger partial charge in [-0.3, -0.25) is 4.79 Å². The predicted octanol–water partition coefficient (Wildman–Crippen LogP) is 2.92. The molecule has 0 aliphatic carbocycles. The quantitative estimate of drug-likeness (QED) is 0.785. The van der Waals surface area contributed by atoms with Crippen LogP contribution < -0.4 is 0 Å². The maximum Gasteiger partial charge on any atom is 0.417 e. The number of benzene rings is 1.